The van der Waals surface area contributed by atoms with E-state index in [0.29, 0.717) is 18.7 Å². The number of pyridine rings is 1. The highest BCUT2D eigenvalue weighted by Gasteiger charge is 2.31. The fraction of sp³-hybridized carbons (Fsp3) is 0.312. The molecule has 0 saturated carbocycles. The van der Waals surface area contributed by atoms with Crippen molar-refractivity contribution in [3.8, 4) is 11.1 Å². The fourth-order valence-corrected chi connectivity index (χ4v) is 2.52. The first kappa shape index (κ1) is 15.8. The predicted octanol–water partition coefficient (Wildman–Crippen LogP) is 3.01. The van der Waals surface area contributed by atoms with Crippen molar-refractivity contribution in [2.24, 2.45) is 0 Å². The van der Waals surface area contributed by atoms with Crippen molar-refractivity contribution in [2.75, 3.05) is 25.4 Å². The van der Waals surface area contributed by atoms with Crippen molar-refractivity contribution in [3.05, 3.63) is 47.7 Å². The number of benzene rings is 1. The third-order valence-electron chi connectivity index (χ3n) is 3.77. The normalized spacial score (nSPS) is 18.8. The summed E-state index contributed by atoms with van der Waals surface area (Å²) in [5, 5.41) is 3.23. The highest BCUT2D eigenvalue weighted by Crippen LogP contribution is 2.34. The molecule has 1 aromatic carbocycles. The van der Waals surface area contributed by atoms with Crippen LogP contribution in [0, 0.1) is 0 Å². The molecular weight excluding hydrogens is 307 g/mol. The predicted molar refractivity (Wildman–Crippen MR) is 80.7 cm³/mol. The van der Waals surface area contributed by atoms with Gasteiger partial charge < -0.3 is 15.8 Å². The number of rotatable bonds is 2. The Bertz CT molecular complexity index is 680. The molecule has 0 spiro atoms. The van der Waals surface area contributed by atoms with Crippen LogP contribution in [0.15, 0.2) is 36.5 Å². The van der Waals surface area contributed by atoms with Crippen LogP contribution in [-0.2, 0) is 10.9 Å². The van der Waals surface area contributed by atoms with Crippen molar-refractivity contribution in [3.63, 3.8) is 0 Å². The molecule has 23 heavy (non-hydrogen) atoms. The van der Waals surface area contributed by atoms with Gasteiger partial charge in [0.2, 0.25) is 0 Å². The van der Waals surface area contributed by atoms with E-state index in [-0.39, 0.29) is 17.5 Å². The number of nitrogens with one attached hydrogen (secondary N) is 1. The number of nitrogens with two attached hydrogens (primary N) is 1. The van der Waals surface area contributed by atoms with Crippen molar-refractivity contribution in [2.45, 2.75) is 12.3 Å². The van der Waals surface area contributed by atoms with Crippen LogP contribution in [0.3, 0.4) is 0 Å². The number of anilines is 1. The molecule has 1 aliphatic heterocycles. The van der Waals surface area contributed by atoms with Gasteiger partial charge in [-0.15, -0.1) is 0 Å². The van der Waals surface area contributed by atoms with Gasteiger partial charge in [0.1, 0.15) is 5.82 Å². The van der Waals surface area contributed by atoms with Gasteiger partial charge in [-0.1, -0.05) is 24.3 Å². The Kier molecular flexibility index (Phi) is 4.23. The molecule has 2 heterocycles. The topological polar surface area (TPSA) is 60.2 Å². The Labute approximate surface area is 131 Å². The molecule has 3 rings (SSSR count). The minimum Gasteiger partial charge on any atom is -0.383 e. The maximum atomic E-state index is 12.8. The molecule has 0 aliphatic carbocycles. The maximum absolute atomic E-state index is 12.8. The summed E-state index contributed by atoms with van der Waals surface area (Å²) in [6.45, 7) is 2.17. The van der Waals surface area contributed by atoms with Crippen LogP contribution < -0.4 is 11.1 Å². The Hall–Kier alpha value is -2.12. The lowest BCUT2D eigenvalue weighted by Gasteiger charge is -2.24. The maximum Gasteiger partial charge on any atom is 0.417 e. The summed E-state index contributed by atoms with van der Waals surface area (Å²) >= 11 is 0. The molecule has 3 N–H and O–H groups in total. The first-order valence-corrected chi connectivity index (χ1v) is 7.20. The van der Waals surface area contributed by atoms with Crippen LogP contribution in [0.4, 0.5) is 19.0 Å². The number of nitrogen functional groups attached to an aromatic ring is 1. The molecule has 0 amide bonds. The second-order valence-corrected chi connectivity index (χ2v) is 5.34. The number of morpholine rings is 1. The van der Waals surface area contributed by atoms with Crippen LogP contribution in [-0.4, -0.2) is 24.7 Å². The molecule has 122 valence electrons. The lowest BCUT2D eigenvalue weighted by Crippen LogP contribution is -2.33. The SMILES string of the molecule is Nc1ncc(C(F)(F)F)cc1-c1ccc(C2CNCCO2)cc1. The van der Waals surface area contributed by atoms with Gasteiger partial charge in [-0.3, -0.25) is 0 Å². The van der Waals surface area contributed by atoms with E-state index >= 15 is 0 Å². The molecule has 1 unspecified atom stereocenters. The summed E-state index contributed by atoms with van der Waals surface area (Å²) in [6.07, 6.45) is -3.75. The van der Waals surface area contributed by atoms with Crippen LogP contribution >= 0.6 is 0 Å². The fourth-order valence-electron chi connectivity index (χ4n) is 2.52. The Morgan fingerprint density at radius 1 is 1.22 bits per heavy atom. The van der Waals surface area contributed by atoms with Gasteiger partial charge in [-0.05, 0) is 17.2 Å². The summed E-state index contributed by atoms with van der Waals surface area (Å²) in [6, 6.07) is 8.18. The number of nitrogens with zero attached hydrogens (tertiary/aromatic N) is 1. The molecule has 2 aromatic rings. The first-order chi connectivity index (χ1) is 10.9. The van der Waals surface area contributed by atoms with E-state index in [1.807, 2.05) is 12.1 Å². The first-order valence-electron chi connectivity index (χ1n) is 7.20. The van der Waals surface area contributed by atoms with E-state index in [0.717, 1.165) is 24.4 Å². The van der Waals surface area contributed by atoms with Gasteiger partial charge in [0.15, 0.2) is 0 Å². The molecule has 4 nitrogen and oxygen atoms in total. The standard InChI is InChI=1S/C16H16F3N3O/c17-16(18,19)12-7-13(15(20)22-8-12)10-1-3-11(4-2-10)14-9-21-5-6-23-14/h1-4,7-8,14,21H,5-6,9H2,(H2,20,22). The van der Waals surface area contributed by atoms with Gasteiger partial charge >= 0.3 is 6.18 Å². The monoisotopic (exact) mass is 323 g/mol. The molecule has 1 fully saturated rings. The summed E-state index contributed by atoms with van der Waals surface area (Å²) < 4.78 is 44.1. The number of hydrogen-bond donors (Lipinski definition) is 2. The number of hydrogen-bond acceptors (Lipinski definition) is 4. The summed E-state index contributed by atoms with van der Waals surface area (Å²) in [4.78, 5) is 3.66. The Morgan fingerprint density at radius 2 is 1.96 bits per heavy atom. The lowest BCUT2D eigenvalue weighted by atomic mass is 10.0. The van der Waals surface area contributed by atoms with Crippen molar-refractivity contribution in [1.29, 1.82) is 0 Å². The number of alkyl halides is 3. The van der Waals surface area contributed by atoms with Gasteiger partial charge in [0.25, 0.3) is 0 Å². The zero-order valence-corrected chi connectivity index (χ0v) is 12.2. The van der Waals surface area contributed by atoms with Crippen molar-refractivity contribution in [1.82, 2.24) is 10.3 Å². The minimum absolute atomic E-state index is 0.0465. The molecule has 1 atom stereocenters. The van der Waals surface area contributed by atoms with Gasteiger partial charge in [-0.2, -0.15) is 13.2 Å². The van der Waals surface area contributed by atoms with Crippen LogP contribution in [0.1, 0.15) is 17.2 Å². The third-order valence-corrected chi connectivity index (χ3v) is 3.77. The van der Waals surface area contributed by atoms with E-state index in [4.69, 9.17) is 10.5 Å². The Morgan fingerprint density at radius 3 is 2.57 bits per heavy atom. The van der Waals surface area contributed by atoms with Crippen molar-refractivity contribution >= 4 is 5.82 Å². The zero-order chi connectivity index (χ0) is 16.4. The van der Waals surface area contributed by atoms with E-state index in [1.165, 1.54) is 0 Å². The van der Waals surface area contributed by atoms with Gasteiger partial charge in [-0.25, -0.2) is 4.98 Å². The smallest absolute Gasteiger partial charge is 0.383 e. The van der Waals surface area contributed by atoms with E-state index in [1.54, 1.807) is 12.1 Å². The quantitative estimate of drug-likeness (QED) is 0.892. The number of aromatic nitrogens is 1. The average molecular weight is 323 g/mol. The average Bonchev–Trinajstić information content (AvgIpc) is 2.55. The van der Waals surface area contributed by atoms with E-state index < -0.39 is 11.7 Å². The molecule has 1 aromatic heterocycles. The second kappa shape index (κ2) is 6.17. The summed E-state index contributed by atoms with van der Waals surface area (Å²) in [5.41, 5.74) is 6.75. The van der Waals surface area contributed by atoms with Crippen LogP contribution in [0.2, 0.25) is 0 Å². The molecule has 7 heteroatoms. The minimum atomic E-state index is -4.45. The molecule has 0 bridgehead atoms. The van der Waals surface area contributed by atoms with E-state index in [2.05, 4.69) is 10.3 Å². The molecule has 1 saturated heterocycles. The van der Waals surface area contributed by atoms with E-state index in [9.17, 15) is 13.2 Å². The highest BCUT2D eigenvalue weighted by atomic mass is 19.4. The second-order valence-electron chi connectivity index (χ2n) is 5.34. The van der Waals surface area contributed by atoms with Crippen LogP contribution in [0.25, 0.3) is 11.1 Å². The molecular formula is C16H16F3N3O. The Balaban J connectivity index is 1.90. The zero-order valence-electron chi connectivity index (χ0n) is 12.2. The molecule has 1 aliphatic rings. The largest absolute Gasteiger partial charge is 0.417 e. The number of ether oxygens (including phenoxy) is 1. The third kappa shape index (κ3) is 3.46. The van der Waals surface area contributed by atoms with Gasteiger partial charge in [0.05, 0.1) is 18.3 Å². The van der Waals surface area contributed by atoms with Crippen LogP contribution in [0.5, 0.6) is 0 Å². The van der Waals surface area contributed by atoms with Crippen molar-refractivity contribution < 1.29 is 17.9 Å². The number of halogens is 3. The summed E-state index contributed by atoms with van der Waals surface area (Å²) in [7, 11) is 0. The highest BCUT2D eigenvalue weighted by molar-refractivity contribution is 5.74. The lowest BCUT2D eigenvalue weighted by molar-refractivity contribution is -0.137. The molecule has 0 radical (unpaired) electrons. The summed E-state index contributed by atoms with van der Waals surface area (Å²) in [5.74, 6) is 0.0707. The van der Waals surface area contributed by atoms with Gasteiger partial charge in [0, 0.05) is 24.8 Å².